The normalized spacial score (nSPS) is 18.4. The van der Waals surface area contributed by atoms with E-state index in [2.05, 4.69) is 9.47 Å². The van der Waals surface area contributed by atoms with E-state index in [0.717, 1.165) is 12.2 Å². The van der Waals surface area contributed by atoms with Gasteiger partial charge >= 0.3 is 11.9 Å². The van der Waals surface area contributed by atoms with Crippen molar-refractivity contribution in [3.63, 3.8) is 0 Å². The van der Waals surface area contributed by atoms with Crippen LogP contribution in [-0.4, -0.2) is 23.7 Å². The van der Waals surface area contributed by atoms with E-state index in [1.165, 1.54) is 0 Å². The molecule has 0 radical (unpaired) electrons. The third-order valence-electron chi connectivity index (χ3n) is 1.25. The van der Waals surface area contributed by atoms with Crippen molar-refractivity contribution in [2.24, 2.45) is 0 Å². The molecule has 1 aliphatic rings. The topological polar surface area (TPSA) is 72.8 Å². The van der Waals surface area contributed by atoms with Crippen molar-refractivity contribution in [2.45, 2.75) is 6.92 Å². The van der Waals surface area contributed by atoms with Crippen LogP contribution in [-0.2, 0) is 19.1 Å². The molecule has 5 nitrogen and oxygen atoms in total. The minimum absolute atomic E-state index is 0.0130. The van der Waals surface area contributed by atoms with Crippen LogP contribution in [0.2, 0.25) is 0 Å². The fourth-order valence-corrected chi connectivity index (χ4v) is 0.754. The Morgan fingerprint density at radius 3 is 2.92 bits per heavy atom. The minimum atomic E-state index is -0.865. The van der Waals surface area contributed by atoms with Crippen LogP contribution in [0.25, 0.3) is 0 Å². The Kier molecular flexibility index (Phi) is 2.69. The van der Waals surface area contributed by atoms with Gasteiger partial charge in [0, 0.05) is 6.08 Å². The van der Waals surface area contributed by atoms with Crippen LogP contribution in [0.4, 0.5) is 0 Å². The molecule has 1 N–H and O–H groups in total. The van der Waals surface area contributed by atoms with Gasteiger partial charge < -0.3 is 14.6 Å². The van der Waals surface area contributed by atoms with Crippen molar-refractivity contribution in [2.75, 3.05) is 6.61 Å². The highest BCUT2D eigenvalue weighted by Gasteiger charge is 2.20. The Hall–Kier alpha value is -1.78. The molecule has 1 rings (SSSR count). The summed E-state index contributed by atoms with van der Waals surface area (Å²) in [7, 11) is 0. The first-order chi connectivity index (χ1) is 6.13. The van der Waals surface area contributed by atoms with Crippen LogP contribution in [0.5, 0.6) is 0 Å². The molecule has 0 unspecified atom stereocenters. The fourth-order valence-electron chi connectivity index (χ4n) is 0.754. The van der Waals surface area contributed by atoms with Crippen molar-refractivity contribution < 1.29 is 24.2 Å². The summed E-state index contributed by atoms with van der Waals surface area (Å²) in [5.74, 6) is -2.01. The number of rotatable bonds is 2. The minimum Gasteiger partial charge on any atom is -0.502 e. The number of carbonyl (C=O) groups is 2. The molecule has 0 aliphatic carbocycles. The van der Waals surface area contributed by atoms with E-state index < -0.39 is 17.7 Å². The van der Waals surface area contributed by atoms with Gasteiger partial charge in [-0.25, -0.2) is 9.59 Å². The molecule has 1 heterocycles. The van der Waals surface area contributed by atoms with Crippen molar-refractivity contribution in [1.29, 1.82) is 0 Å². The molecule has 5 heteroatoms. The standard InChI is InChI=1S/C8H8O5/c1-2-12-7(10)4-5-3-6(9)8(11)13-5/h3-4,9H,2H2,1H3/b5-4-. The number of esters is 2. The third-order valence-corrected chi connectivity index (χ3v) is 1.25. The lowest BCUT2D eigenvalue weighted by Crippen LogP contribution is -2.02. The van der Waals surface area contributed by atoms with E-state index in [1.54, 1.807) is 6.92 Å². The van der Waals surface area contributed by atoms with Gasteiger partial charge in [-0.15, -0.1) is 0 Å². The Morgan fingerprint density at radius 1 is 1.77 bits per heavy atom. The maximum atomic E-state index is 10.8. The van der Waals surface area contributed by atoms with Crippen molar-refractivity contribution >= 4 is 11.9 Å². The summed E-state index contributed by atoms with van der Waals surface area (Å²) in [6.45, 7) is 1.90. The molecule has 0 aromatic carbocycles. The summed E-state index contributed by atoms with van der Waals surface area (Å²) in [6, 6.07) is 0. The van der Waals surface area contributed by atoms with Gasteiger partial charge in [-0.2, -0.15) is 0 Å². The lowest BCUT2D eigenvalue weighted by molar-refractivity contribution is -0.137. The molecule has 70 valence electrons. The number of cyclic esters (lactones) is 1. The second-order valence-corrected chi connectivity index (χ2v) is 2.22. The van der Waals surface area contributed by atoms with E-state index >= 15 is 0 Å². The largest absolute Gasteiger partial charge is 0.502 e. The number of ether oxygens (including phenoxy) is 2. The monoisotopic (exact) mass is 184 g/mol. The van der Waals surface area contributed by atoms with E-state index in [1.807, 2.05) is 0 Å². The van der Waals surface area contributed by atoms with E-state index in [0.29, 0.717) is 0 Å². The van der Waals surface area contributed by atoms with Gasteiger partial charge in [-0.3, -0.25) is 0 Å². The summed E-state index contributed by atoms with van der Waals surface area (Å²) < 4.78 is 9.03. The van der Waals surface area contributed by atoms with Gasteiger partial charge in [-0.1, -0.05) is 0 Å². The van der Waals surface area contributed by atoms with Gasteiger partial charge in [0.15, 0.2) is 0 Å². The molecule has 13 heavy (non-hydrogen) atoms. The highest BCUT2D eigenvalue weighted by molar-refractivity contribution is 5.92. The van der Waals surface area contributed by atoms with Crippen LogP contribution in [0.1, 0.15) is 6.92 Å². The second kappa shape index (κ2) is 3.75. The van der Waals surface area contributed by atoms with Gasteiger partial charge in [-0.05, 0) is 6.92 Å². The quantitative estimate of drug-likeness (QED) is 0.497. The lowest BCUT2D eigenvalue weighted by Gasteiger charge is -1.96. The number of hydrogen-bond donors (Lipinski definition) is 1. The first-order valence-corrected chi connectivity index (χ1v) is 3.64. The summed E-state index contributed by atoms with van der Waals surface area (Å²) in [4.78, 5) is 21.4. The lowest BCUT2D eigenvalue weighted by atomic mass is 10.4. The fraction of sp³-hybridized carbons (Fsp3) is 0.250. The zero-order valence-electron chi connectivity index (χ0n) is 6.94. The van der Waals surface area contributed by atoms with E-state index in [9.17, 15) is 9.59 Å². The molecule has 0 saturated heterocycles. The Morgan fingerprint density at radius 2 is 2.46 bits per heavy atom. The van der Waals surface area contributed by atoms with Gasteiger partial charge in [0.25, 0.3) is 0 Å². The predicted octanol–water partition coefficient (Wildman–Crippen LogP) is 0.432. The Balaban J connectivity index is 2.65. The molecular formula is C8H8O5. The summed E-state index contributed by atoms with van der Waals surface area (Å²) in [5.41, 5.74) is 0. The van der Waals surface area contributed by atoms with Crippen molar-refractivity contribution in [3.05, 3.63) is 23.7 Å². The van der Waals surface area contributed by atoms with Crippen molar-refractivity contribution in [3.8, 4) is 0 Å². The molecule has 0 amide bonds. The van der Waals surface area contributed by atoms with Crippen LogP contribution in [0.3, 0.4) is 0 Å². The Bertz CT molecular complexity index is 300. The van der Waals surface area contributed by atoms with Crippen LogP contribution in [0, 0.1) is 0 Å². The molecule has 0 aromatic heterocycles. The number of aliphatic hydroxyl groups excluding tert-OH is 1. The number of allylic oxidation sites excluding steroid dienone is 1. The highest BCUT2D eigenvalue weighted by Crippen LogP contribution is 2.14. The average molecular weight is 184 g/mol. The maximum absolute atomic E-state index is 10.8. The van der Waals surface area contributed by atoms with Gasteiger partial charge in [0.2, 0.25) is 5.76 Å². The summed E-state index contributed by atoms with van der Waals surface area (Å²) >= 11 is 0. The van der Waals surface area contributed by atoms with Crippen LogP contribution < -0.4 is 0 Å². The SMILES string of the molecule is CCOC(=O)/C=C1/C=C(O)C(=O)O1. The van der Waals surface area contributed by atoms with Gasteiger partial charge in [0.1, 0.15) is 5.76 Å². The first kappa shape index (κ1) is 9.31. The maximum Gasteiger partial charge on any atom is 0.378 e. The molecule has 0 aromatic rings. The van der Waals surface area contributed by atoms with Crippen LogP contribution in [0.15, 0.2) is 23.7 Å². The zero-order chi connectivity index (χ0) is 9.84. The summed E-state index contributed by atoms with van der Waals surface area (Å²) in [6.07, 6.45) is 2.05. The predicted molar refractivity (Wildman–Crippen MR) is 41.5 cm³/mol. The smallest absolute Gasteiger partial charge is 0.378 e. The van der Waals surface area contributed by atoms with Crippen molar-refractivity contribution in [1.82, 2.24) is 0 Å². The molecule has 0 saturated carbocycles. The average Bonchev–Trinajstić information content (AvgIpc) is 2.31. The van der Waals surface area contributed by atoms with Crippen LogP contribution >= 0.6 is 0 Å². The molecule has 1 aliphatic heterocycles. The summed E-state index contributed by atoms with van der Waals surface area (Å²) in [5, 5.41) is 8.80. The Labute approximate surface area is 74.3 Å². The first-order valence-electron chi connectivity index (χ1n) is 3.64. The molecule has 0 fully saturated rings. The van der Waals surface area contributed by atoms with E-state index in [4.69, 9.17) is 5.11 Å². The van der Waals surface area contributed by atoms with Gasteiger partial charge in [0.05, 0.1) is 12.7 Å². The number of hydrogen-bond acceptors (Lipinski definition) is 5. The number of carbonyl (C=O) groups excluding carboxylic acids is 2. The van der Waals surface area contributed by atoms with E-state index in [-0.39, 0.29) is 12.4 Å². The molecule has 0 bridgehead atoms. The molecular weight excluding hydrogens is 176 g/mol. The second-order valence-electron chi connectivity index (χ2n) is 2.22. The molecule has 0 spiro atoms. The molecule has 0 atom stereocenters. The number of aliphatic hydroxyl groups is 1. The third kappa shape index (κ3) is 2.33. The highest BCUT2D eigenvalue weighted by atomic mass is 16.6. The zero-order valence-corrected chi connectivity index (χ0v) is 6.94.